The van der Waals surface area contributed by atoms with Crippen LogP contribution in [0, 0.1) is 6.92 Å². The summed E-state index contributed by atoms with van der Waals surface area (Å²) >= 11 is 0. The number of quaternary nitrogens is 1. The Kier molecular flexibility index (Phi) is 6.57. The molecule has 0 aliphatic rings. The van der Waals surface area contributed by atoms with Crippen LogP contribution in [0.5, 0.6) is 5.75 Å². The van der Waals surface area contributed by atoms with Crippen LogP contribution in [-0.2, 0) is 4.79 Å². The van der Waals surface area contributed by atoms with Gasteiger partial charge in [-0.2, -0.15) is 0 Å². The second-order valence-electron chi connectivity index (χ2n) is 8.23. The number of H-pyrrole nitrogens is 1. The Morgan fingerprint density at radius 3 is 2.47 bits per heavy atom. The summed E-state index contributed by atoms with van der Waals surface area (Å²) < 4.78 is 5.34. The molecule has 1 amide bonds. The van der Waals surface area contributed by atoms with Gasteiger partial charge in [0.2, 0.25) is 0 Å². The molecule has 0 unspecified atom stereocenters. The van der Waals surface area contributed by atoms with Crippen molar-refractivity contribution < 1.29 is 14.8 Å². The van der Waals surface area contributed by atoms with Crippen LogP contribution in [0.2, 0.25) is 0 Å². The fourth-order valence-electron chi connectivity index (χ4n) is 4.00. The molecular formula is C27H30N3O2+. The molecule has 0 saturated heterocycles. The van der Waals surface area contributed by atoms with Crippen LogP contribution in [0.3, 0.4) is 0 Å². The Labute approximate surface area is 188 Å². The summed E-state index contributed by atoms with van der Waals surface area (Å²) in [4.78, 5) is 16.2. The number of hydrogen-bond acceptors (Lipinski definition) is 2. The summed E-state index contributed by atoms with van der Waals surface area (Å²) in [6, 6.07) is 24.2. The molecule has 0 aliphatic heterocycles. The molecular weight excluding hydrogens is 398 g/mol. The molecule has 1 aromatic heterocycles. The van der Waals surface area contributed by atoms with E-state index in [0.29, 0.717) is 0 Å². The molecule has 0 aliphatic carbocycles. The molecule has 1 heterocycles. The van der Waals surface area contributed by atoms with Gasteiger partial charge < -0.3 is 20.4 Å². The second kappa shape index (κ2) is 9.71. The van der Waals surface area contributed by atoms with E-state index in [2.05, 4.69) is 52.1 Å². The maximum atomic E-state index is 12.8. The number of ether oxygens (including phenoxy) is 1. The van der Waals surface area contributed by atoms with Gasteiger partial charge in [0.15, 0.2) is 6.04 Å². The van der Waals surface area contributed by atoms with E-state index in [-0.39, 0.29) is 17.9 Å². The van der Waals surface area contributed by atoms with Gasteiger partial charge in [-0.15, -0.1) is 0 Å². The first kappa shape index (κ1) is 21.7. The molecule has 4 rings (SSSR count). The topological polar surface area (TPSA) is 70.7 Å². The van der Waals surface area contributed by atoms with Crippen LogP contribution >= 0.6 is 0 Å². The maximum absolute atomic E-state index is 12.8. The third kappa shape index (κ3) is 4.84. The maximum Gasteiger partial charge on any atom is 0.282 e. The van der Waals surface area contributed by atoms with Gasteiger partial charge >= 0.3 is 0 Å². The first-order chi connectivity index (χ1) is 15.5. The highest BCUT2D eigenvalue weighted by molar-refractivity contribution is 5.93. The van der Waals surface area contributed by atoms with Crippen molar-refractivity contribution in [2.45, 2.75) is 25.8 Å². The predicted octanol–water partition coefficient (Wildman–Crippen LogP) is 4.21. The fraction of sp³-hybridized carbons (Fsp3) is 0.222. The number of rotatable bonds is 8. The lowest BCUT2D eigenvalue weighted by molar-refractivity contribution is -0.674. The van der Waals surface area contributed by atoms with E-state index < -0.39 is 0 Å². The second-order valence-corrected chi connectivity index (χ2v) is 8.23. The number of aromatic nitrogens is 1. The average molecular weight is 429 g/mol. The zero-order valence-electron chi connectivity index (χ0n) is 18.8. The van der Waals surface area contributed by atoms with Crippen LogP contribution < -0.4 is 15.4 Å². The summed E-state index contributed by atoms with van der Waals surface area (Å²) in [6.07, 6.45) is 2.09. The zero-order valence-corrected chi connectivity index (χ0v) is 18.8. The Morgan fingerprint density at radius 2 is 1.75 bits per heavy atom. The average Bonchev–Trinajstić information content (AvgIpc) is 3.25. The van der Waals surface area contributed by atoms with Crippen LogP contribution in [0.1, 0.15) is 29.5 Å². The molecule has 2 atom stereocenters. The monoisotopic (exact) mass is 428 g/mol. The summed E-state index contributed by atoms with van der Waals surface area (Å²) in [5.74, 6) is 0.967. The van der Waals surface area contributed by atoms with E-state index in [1.54, 1.807) is 7.11 Å². The molecule has 0 bridgehead atoms. The van der Waals surface area contributed by atoms with E-state index >= 15 is 0 Å². The van der Waals surface area contributed by atoms with Crippen LogP contribution in [0.15, 0.2) is 79.0 Å². The minimum atomic E-state index is -0.220. The Morgan fingerprint density at radius 1 is 1.03 bits per heavy atom. The van der Waals surface area contributed by atoms with Gasteiger partial charge in [0.1, 0.15) is 5.75 Å². The van der Waals surface area contributed by atoms with Gasteiger partial charge in [-0.05, 0) is 55.3 Å². The standard InChI is InChI=1S/C27H29N3O2/c1-18-8-12-21(13-9-18)30-27(31)19(2)28-16-24(20-10-14-22(32-3)15-11-20)25-17-29-26-7-5-4-6-23(25)26/h4-15,17,19,24,28-29H,16H2,1-3H3,(H,30,31)/p+1/t19-,24-/m1/s1. The minimum Gasteiger partial charge on any atom is -0.497 e. The van der Waals surface area contributed by atoms with E-state index in [4.69, 9.17) is 4.74 Å². The highest BCUT2D eigenvalue weighted by Crippen LogP contribution is 2.30. The highest BCUT2D eigenvalue weighted by atomic mass is 16.5. The predicted molar refractivity (Wildman–Crippen MR) is 129 cm³/mol. The zero-order chi connectivity index (χ0) is 22.5. The third-order valence-electron chi connectivity index (χ3n) is 5.97. The lowest BCUT2D eigenvalue weighted by Crippen LogP contribution is -2.92. The van der Waals surface area contributed by atoms with E-state index in [9.17, 15) is 4.79 Å². The van der Waals surface area contributed by atoms with Gasteiger partial charge in [-0.25, -0.2) is 0 Å². The molecule has 4 N–H and O–H groups in total. The quantitative estimate of drug-likeness (QED) is 0.393. The number of carbonyl (C=O) groups excluding carboxylic acids is 1. The lowest BCUT2D eigenvalue weighted by Gasteiger charge is -2.19. The molecule has 3 aromatic carbocycles. The van der Waals surface area contributed by atoms with Crippen molar-refractivity contribution in [1.82, 2.24) is 4.98 Å². The van der Waals surface area contributed by atoms with Crippen molar-refractivity contribution in [3.8, 4) is 5.75 Å². The van der Waals surface area contributed by atoms with Gasteiger partial charge in [-0.3, -0.25) is 4.79 Å². The number of methoxy groups -OCH3 is 1. The Hall–Kier alpha value is -3.57. The highest BCUT2D eigenvalue weighted by Gasteiger charge is 2.23. The molecule has 0 saturated carbocycles. The third-order valence-corrected chi connectivity index (χ3v) is 5.97. The van der Waals surface area contributed by atoms with Gasteiger partial charge in [-0.1, -0.05) is 48.0 Å². The summed E-state index contributed by atoms with van der Waals surface area (Å²) in [7, 11) is 1.67. The Balaban J connectivity index is 1.53. The summed E-state index contributed by atoms with van der Waals surface area (Å²) in [6.45, 7) is 4.73. The number of aromatic amines is 1. The van der Waals surface area contributed by atoms with Crippen molar-refractivity contribution in [1.29, 1.82) is 0 Å². The molecule has 0 spiro atoms. The smallest absolute Gasteiger partial charge is 0.282 e. The van der Waals surface area contributed by atoms with Crippen LogP contribution in [0.4, 0.5) is 5.69 Å². The Bertz CT molecular complexity index is 1180. The van der Waals surface area contributed by atoms with E-state index in [1.807, 2.05) is 56.3 Å². The van der Waals surface area contributed by atoms with E-state index in [0.717, 1.165) is 23.5 Å². The molecule has 0 radical (unpaired) electrons. The lowest BCUT2D eigenvalue weighted by atomic mass is 9.90. The number of benzene rings is 3. The minimum absolute atomic E-state index is 0.00117. The van der Waals surface area contributed by atoms with Gasteiger partial charge in [0.25, 0.3) is 5.91 Å². The van der Waals surface area contributed by atoms with E-state index in [1.165, 1.54) is 22.1 Å². The van der Waals surface area contributed by atoms with Crippen LogP contribution in [-0.4, -0.2) is 30.6 Å². The number of para-hydroxylation sites is 1. The van der Waals surface area contributed by atoms with Crippen LogP contribution in [0.25, 0.3) is 10.9 Å². The molecule has 5 heteroatoms. The number of nitrogens with two attached hydrogens (primary N) is 1. The normalized spacial score (nSPS) is 13.0. The fourth-order valence-corrected chi connectivity index (χ4v) is 4.00. The van der Waals surface area contributed by atoms with Crippen molar-refractivity contribution in [2.24, 2.45) is 0 Å². The number of nitrogens with one attached hydrogen (secondary N) is 2. The SMILES string of the molecule is COc1ccc([C@@H](C[NH2+][C@H](C)C(=O)Nc2ccc(C)cc2)c2c[nH]c3ccccc23)cc1. The molecule has 32 heavy (non-hydrogen) atoms. The number of fused-ring (bicyclic) bond motifs is 1. The van der Waals surface area contributed by atoms with Gasteiger partial charge in [0, 0.05) is 22.8 Å². The molecule has 5 nitrogen and oxygen atoms in total. The van der Waals surface area contributed by atoms with Crippen molar-refractivity contribution in [3.05, 3.63) is 95.7 Å². The largest absolute Gasteiger partial charge is 0.497 e. The number of carbonyl (C=O) groups is 1. The number of anilines is 1. The molecule has 0 fully saturated rings. The first-order valence-electron chi connectivity index (χ1n) is 11.0. The first-order valence-corrected chi connectivity index (χ1v) is 11.0. The number of aryl methyl sites for hydroxylation is 1. The molecule has 164 valence electrons. The summed E-state index contributed by atoms with van der Waals surface area (Å²) in [5, 5.41) is 6.34. The number of amides is 1. The van der Waals surface area contributed by atoms with Crippen molar-refractivity contribution in [2.75, 3.05) is 19.0 Å². The molecule has 4 aromatic rings. The van der Waals surface area contributed by atoms with Crippen molar-refractivity contribution >= 4 is 22.5 Å². The van der Waals surface area contributed by atoms with Crippen molar-refractivity contribution in [3.63, 3.8) is 0 Å². The van der Waals surface area contributed by atoms with Gasteiger partial charge in [0.05, 0.1) is 19.6 Å². The summed E-state index contributed by atoms with van der Waals surface area (Å²) in [5.41, 5.74) is 5.53. The number of hydrogen-bond donors (Lipinski definition) is 3.